The molecule has 0 fully saturated rings. The van der Waals surface area contributed by atoms with Crippen molar-refractivity contribution in [1.29, 1.82) is 0 Å². The summed E-state index contributed by atoms with van der Waals surface area (Å²) in [6, 6.07) is 5.41. The van der Waals surface area contributed by atoms with Crippen LogP contribution in [0.1, 0.15) is 20.9 Å². The Morgan fingerprint density at radius 1 is 1.33 bits per heavy atom. The molecule has 0 bridgehead atoms. The van der Waals surface area contributed by atoms with E-state index in [4.69, 9.17) is 27.4 Å². The van der Waals surface area contributed by atoms with Crippen LogP contribution in [0.4, 0.5) is 5.13 Å². The number of hydrogen-bond donors (Lipinski definition) is 2. The number of thiazole rings is 1. The molecular weight excluding hydrogens is 346 g/mol. The molecule has 0 amide bonds. The monoisotopic (exact) mass is 363 g/mol. The van der Waals surface area contributed by atoms with Crippen molar-refractivity contribution < 1.29 is 14.3 Å². The van der Waals surface area contributed by atoms with Gasteiger partial charge in [0.05, 0.1) is 24.8 Å². The molecule has 0 unspecified atom stereocenters. The third-order valence-electron chi connectivity index (χ3n) is 3.09. The number of allylic oxidation sites excluding steroid dienone is 1. The third-order valence-corrected chi connectivity index (χ3v) is 4.27. The number of nitrogens with two attached hydrogens (primary N) is 1. The van der Waals surface area contributed by atoms with E-state index in [-0.39, 0.29) is 10.9 Å². The van der Waals surface area contributed by atoms with E-state index < -0.39 is 0 Å². The van der Waals surface area contributed by atoms with E-state index in [0.29, 0.717) is 27.2 Å². The Kier molecular flexibility index (Phi) is 5.88. The van der Waals surface area contributed by atoms with Gasteiger partial charge in [-0.25, -0.2) is 4.98 Å². The first-order valence-corrected chi connectivity index (χ1v) is 8.15. The van der Waals surface area contributed by atoms with Crippen molar-refractivity contribution in [1.82, 2.24) is 4.98 Å². The molecule has 126 valence electrons. The number of benzene rings is 1. The molecule has 3 N–H and O–H groups in total. The molecular formula is C16H17N3O3S2. The third kappa shape index (κ3) is 4.30. The molecule has 0 saturated carbocycles. The molecule has 0 aliphatic carbocycles. The maximum absolute atomic E-state index is 12.4. The van der Waals surface area contributed by atoms with Crippen molar-refractivity contribution in [2.24, 2.45) is 5.73 Å². The standard InChI is InChI=1S/C16H17N3O3S2/c1-9-14(24-16(18-9)19-15(17)23)11(20)6-4-10-5-7-12(21-2)13(8-10)22-3/h4-8H,1-3H3,(H3,17,18,19,23)/b6-4+. The molecule has 1 aromatic heterocycles. The molecule has 1 heterocycles. The fourth-order valence-electron chi connectivity index (χ4n) is 1.99. The van der Waals surface area contributed by atoms with Gasteiger partial charge in [0.15, 0.2) is 27.5 Å². The Morgan fingerprint density at radius 2 is 2.04 bits per heavy atom. The van der Waals surface area contributed by atoms with Crippen molar-refractivity contribution >= 4 is 45.7 Å². The first-order valence-electron chi connectivity index (χ1n) is 6.93. The summed E-state index contributed by atoms with van der Waals surface area (Å²) < 4.78 is 10.4. The topological polar surface area (TPSA) is 86.5 Å². The summed E-state index contributed by atoms with van der Waals surface area (Å²) in [5.74, 6) is 1.09. The van der Waals surface area contributed by atoms with Crippen molar-refractivity contribution in [3.63, 3.8) is 0 Å². The van der Waals surface area contributed by atoms with E-state index in [2.05, 4.69) is 10.3 Å². The van der Waals surface area contributed by atoms with E-state index in [0.717, 1.165) is 5.56 Å². The van der Waals surface area contributed by atoms with Gasteiger partial charge in [0.25, 0.3) is 0 Å². The highest BCUT2D eigenvalue weighted by Crippen LogP contribution is 2.28. The van der Waals surface area contributed by atoms with Gasteiger partial charge in [-0.1, -0.05) is 23.5 Å². The number of anilines is 1. The van der Waals surface area contributed by atoms with E-state index in [9.17, 15) is 4.79 Å². The summed E-state index contributed by atoms with van der Waals surface area (Å²) in [5.41, 5.74) is 6.86. The lowest BCUT2D eigenvalue weighted by atomic mass is 10.1. The molecule has 0 atom stereocenters. The van der Waals surface area contributed by atoms with Crippen LogP contribution in [-0.2, 0) is 0 Å². The number of aromatic nitrogens is 1. The fraction of sp³-hybridized carbons (Fsp3) is 0.188. The van der Waals surface area contributed by atoms with Gasteiger partial charge in [-0.05, 0) is 42.9 Å². The molecule has 2 aromatic rings. The predicted octanol–water partition coefficient (Wildman–Crippen LogP) is 3.02. The van der Waals surface area contributed by atoms with Gasteiger partial charge in [0, 0.05) is 0 Å². The second-order valence-corrected chi connectivity index (χ2v) is 6.17. The summed E-state index contributed by atoms with van der Waals surface area (Å²) >= 11 is 5.98. The van der Waals surface area contributed by atoms with Crippen LogP contribution in [0.2, 0.25) is 0 Å². The number of hydrogen-bond acceptors (Lipinski definition) is 6. The number of aryl methyl sites for hydroxylation is 1. The Bertz CT molecular complexity index is 800. The summed E-state index contributed by atoms with van der Waals surface area (Å²) in [7, 11) is 3.13. The van der Waals surface area contributed by atoms with E-state index >= 15 is 0 Å². The summed E-state index contributed by atoms with van der Waals surface area (Å²) in [6.07, 6.45) is 3.20. The predicted molar refractivity (Wildman–Crippen MR) is 100 cm³/mol. The van der Waals surface area contributed by atoms with Gasteiger partial charge in [-0.3, -0.25) is 4.79 Å². The quantitative estimate of drug-likeness (QED) is 0.463. The average Bonchev–Trinajstić information content (AvgIpc) is 2.91. The van der Waals surface area contributed by atoms with Gasteiger partial charge < -0.3 is 20.5 Å². The zero-order valence-electron chi connectivity index (χ0n) is 13.5. The zero-order valence-corrected chi connectivity index (χ0v) is 15.1. The highest BCUT2D eigenvalue weighted by molar-refractivity contribution is 7.80. The molecule has 2 rings (SSSR count). The van der Waals surface area contributed by atoms with Crippen LogP contribution >= 0.6 is 23.6 Å². The molecule has 0 aliphatic heterocycles. The number of thiocarbonyl (C=S) groups is 1. The smallest absolute Gasteiger partial charge is 0.197 e. The minimum absolute atomic E-state index is 0.114. The second kappa shape index (κ2) is 7.89. The van der Waals surface area contributed by atoms with Crippen LogP contribution in [0.15, 0.2) is 24.3 Å². The van der Waals surface area contributed by atoms with Gasteiger partial charge in [-0.15, -0.1) is 0 Å². The van der Waals surface area contributed by atoms with Crippen LogP contribution < -0.4 is 20.5 Å². The highest BCUT2D eigenvalue weighted by Gasteiger charge is 2.13. The van der Waals surface area contributed by atoms with Gasteiger partial charge >= 0.3 is 0 Å². The van der Waals surface area contributed by atoms with Crippen molar-refractivity contribution in [2.45, 2.75) is 6.92 Å². The first kappa shape index (κ1) is 17.9. The SMILES string of the molecule is COc1ccc(/C=C/C(=O)c2sc(NC(N)=S)nc2C)cc1OC. The number of carbonyl (C=O) groups excluding carboxylic acids is 1. The number of methoxy groups -OCH3 is 2. The number of carbonyl (C=O) groups is 1. The average molecular weight is 363 g/mol. The Hall–Kier alpha value is -2.45. The minimum atomic E-state index is -0.143. The number of ether oxygens (including phenoxy) is 2. The first-order chi connectivity index (χ1) is 11.4. The van der Waals surface area contributed by atoms with Crippen molar-refractivity contribution in [3.8, 4) is 11.5 Å². The van der Waals surface area contributed by atoms with Crippen molar-refractivity contribution in [2.75, 3.05) is 19.5 Å². The van der Waals surface area contributed by atoms with Gasteiger partial charge in [-0.2, -0.15) is 0 Å². The number of rotatable bonds is 6. The lowest BCUT2D eigenvalue weighted by molar-refractivity contribution is 0.105. The van der Waals surface area contributed by atoms with E-state index in [1.807, 2.05) is 6.07 Å². The number of nitrogens with zero attached hydrogens (tertiary/aromatic N) is 1. The molecule has 0 saturated heterocycles. The lowest BCUT2D eigenvalue weighted by Gasteiger charge is -2.07. The molecule has 8 heteroatoms. The minimum Gasteiger partial charge on any atom is -0.493 e. The maximum atomic E-state index is 12.4. The van der Waals surface area contributed by atoms with Gasteiger partial charge in [0.1, 0.15) is 0 Å². The number of nitrogens with one attached hydrogen (secondary N) is 1. The van der Waals surface area contributed by atoms with Crippen molar-refractivity contribution in [3.05, 3.63) is 40.4 Å². The van der Waals surface area contributed by atoms with Crippen LogP contribution in [0.3, 0.4) is 0 Å². The Balaban J connectivity index is 2.18. The Morgan fingerprint density at radius 3 is 2.67 bits per heavy atom. The fourth-order valence-corrected chi connectivity index (χ4v) is 3.05. The van der Waals surface area contributed by atoms with Gasteiger partial charge in [0.2, 0.25) is 0 Å². The molecule has 1 aromatic carbocycles. The zero-order chi connectivity index (χ0) is 17.7. The highest BCUT2D eigenvalue weighted by atomic mass is 32.1. The normalized spacial score (nSPS) is 10.6. The van der Waals surface area contributed by atoms with Crippen LogP contribution in [-0.4, -0.2) is 30.1 Å². The van der Waals surface area contributed by atoms with Crippen LogP contribution in [0.25, 0.3) is 6.08 Å². The summed E-state index contributed by atoms with van der Waals surface area (Å²) in [4.78, 5) is 17.1. The van der Waals surface area contributed by atoms with E-state index in [1.165, 1.54) is 17.4 Å². The molecule has 0 spiro atoms. The number of ketones is 1. The molecule has 24 heavy (non-hydrogen) atoms. The van der Waals surface area contributed by atoms with Crippen LogP contribution in [0, 0.1) is 6.92 Å². The molecule has 0 aliphatic rings. The molecule has 6 nitrogen and oxygen atoms in total. The largest absolute Gasteiger partial charge is 0.493 e. The molecule has 0 radical (unpaired) electrons. The Labute approximate surface area is 149 Å². The summed E-state index contributed by atoms with van der Waals surface area (Å²) in [6.45, 7) is 1.76. The van der Waals surface area contributed by atoms with E-state index in [1.54, 1.807) is 39.4 Å². The lowest BCUT2D eigenvalue weighted by Crippen LogP contribution is -2.18. The summed E-state index contributed by atoms with van der Waals surface area (Å²) in [5, 5.41) is 3.35. The second-order valence-electron chi connectivity index (χ2n) is 4.73. The van der Waals surface area contributed by atoms with Crippen LogP contribution in [0.5, 0.6) is 11.5 Å². The maximum Gasteiger partial charge on any atom is 0.197 e.